The van der Waals surface area contributed by atoms with Crippen LogP contribution in [0.1, 0.15) is 44.6 Å². The molecule has 1 nitrogen and oxygen atoms in total. The fourth-order valence-corrected chi connectivity index (χ4v) is 3.85. The van der Waals surface area contributed by atoms with Gasteiger partial charge in [-0.25, -0.2) is 4.21 Å². The summed E-state index contributed by atoms with van der Waals surface area (Å²) in [6.45, 7) is 4.23. The quantitative estimate of drug-likeness (QED) is 0.777. The Balaban J connectivity index is 2.30. The lowest BCUT2D eigenvalue weighted by atomic mass is 9.98. The highest BCUT2D eigenvalue weighted by atomic mass is 32.2. The van der Waals surface area contributed by atoms with Crippen molar-refractivity contribution in [2.75, 3.05) is 0 Å². The molecule has 1 aliphatic carbocycles. The SMILES string of the molecule is CCC1=C(S(=O)c2ccc(C)cc2)CCCC1. The first-order valence-corrected chi connectivity index (χ1v) is 7.56. The molecule has 1 aromatic rings. The van der Waals surface area contributed by atoms with E-state index in [2.05, 4.69) is 13.8 Å². The first-order chi connectivity index (χ1) is 8.22. The summed E-state index contributed by atoms with van der Waals surface area (Å²) in [5.41, 5.74) is 2.65. The number of benzene rings is 1. The summed E-state index contributed by atoms with van der Waals surface area (Å²) in [4.78, 5) is 2.15. The van der Waals surface area contributed by atoms with Crippen molar-refractivity contribution in [3.05, 3.63) is 40.3 Å². The van der Waals surface area contributed by atoms with Gasteiger partial charge in [0.1, 0.15) is 0 Å². The number of hydrogen-bond donors (Lipinski definition) is 0. The van der Waals surface area contributed by atoms with Gasteiger partial charge in [-0.1, -0.05) is 30.2 Å². The number of aryl methyl sites for hydroxylation is 1. The molecule has 0 fully saturated rings. The van der Waals surface area contributed by atoms with Crippen LogP contribution in [0.5, 0.6) is 0 Å². The molecule has 0 aliphatic heterocycles. The van der Waals surface area contributed by atoms with Gasteiger partial charge >= 0.3 is 0 Å². The van der Waals surface area contributed by atoms with Crippen molar-refractivity contribution in [3.63, 3.8) is 0 Å². The van der Waals surface area contributed by atoms with E-state index in [1.807, 2.05) is 24.3 Å². The molecule has 0 bridgehead atoms. The van der Waals surface area contributed by atoms with Gasteiger partial charge in [0, 0.05) is 9.80 Å². The largest absolute Gasteiger partial charge is 0.249 e. The van der Waals surface area contributed by atoms with E-state index in [0.29, 0.717) is 0 Å². The molecule has 1 atom stereocenters. The lowest BCUT2D eigenvalue weighted by Gasteiger charge is -2.19. The number of hydrogen-bond acceptors (Lipinski definition) is 1. The summed E-state index contributed by atoms with van der Waals surface area (Å²) in [6, 6.07) is 8.09. The van der Waals surface area contributed by atoms with Crippen LogP contribution in [-0.2, 0) is 10.8 Å². The highest BCUT2D eigenvalue weighted by molar-refractivity contribution is 7.89. The zero-order valence-corrected chi connectivity index (χ0v) is 11.5. The summed E-state index contributed by atoms with van der Waals surface area (Å²) < 4.78 is 12.5. The van der Waals surface area contributed by atoms with Gasteiger partial charge in [-0.05, 0) is 51.2 Å². The van der Waals surface area contributed by atoms with E-state index < -0.39 is 10.8 Å². The van der Waals surface area contributed by atoms with E-state index in [1.165, 1.54) is 28.9 Å². The third-order valence-corrected chi connectivity index (χ3v) is 5.05. The molecule has 1 aromatic carbocycles. The van der Waals surface area contributed by atoms with E-state index >= 15 is 0 Å². The van der Waals surface area contributed by atoms with Crippen LogP contribution < -0.4 is 0 Å². The maximum atomic E-state index is 12.5. The van der Waals surface area contributed by atoms with Crippen LogP contribution in [0, 0.1) is 6.92 Å². The van der Waals surface area contributed by atoms with Crippen LogP contribution in [0.15, 0.2) is 39.6 Å². The molecule has 1 aliphatic rings. The highest BCUT2D eigenvalue weighted by Crippen LogP contribution is 2.31. The Morgan fingerprint density at radius 3 is 2.41 bits per heavy atom. The zero-order valence-electron chi connectivity index (χ0n) is 10.7. The predicted octanol–water partition coefficient (Wildman–Crippen LogP) is 4.34. The van der Waals surface area contributed by atoms with Crippen LogP contribution >= 0.6 is 0 Å². The van der Waals surface area contributed by atoms with E-state index in [-0.39, 0.29) is 0 Å². The van der Waals surface area contributed by atoms with Gasteiger partial charge in [0.25, 0.3) is 0 Å². The second kappa shape index (κ2) is 5.63. The van der Waals surface area contributed by atoms with Gasteiger partial charge in [-0.3, -0.25) is 0 Å². The second-order valence-electron chi connectivity index (χ2n) is 4.67. The third kappa shape index (κ3) is 2.86. The molecule has 2 heteroatoms. The van der Waals surface area contributed by atoms with Crippen molar-refractivity contribution in [1.82, 2.24) is 0 Å². The average molecular weight is 248 g/mol. The molecule has 0 aromatic heterocycles. The average Bonchev–Trinajstić information content (AvgIpc) is 2.39. The van der Waals surface area contributed by atoms with E-state index in [1.54, 1.807) is 0 Å². The van der Waals surface area contributed by atoms with Crippen LogP contribution in [0.25, 0.3) is 0 Å². The summed E-state index contributed by atoms with van der Waals surface area (Å²) in [5, 5.41) is 0. The summed E-state index contributed by atoms with van der Waals surface area (Å²) in [5.74, 6) is 0. The van der Waals surface area contributed by atoms with Crippen LogP contribution in [0.3, 0.4) is 0 Å². The van der Waals surface area contributed by atoms with E-state index in [9.17, 15) is 4.21 Å². The Labute approximate surface area is 106 Å². The predicted molar refractivity (Wildman–Crippen MR) is 73.4 cm³/mol. The monoisotopic (exact) mass is 248 g/mol. The molecule has 0 radical (unpaired) electrons. The minimum Gasteiger partial charge on any atom is -0.249 e. The van der Waals surface area contributed by atoms with Gasteiger partial charge < -0.3 is 0 Å². The van der Waals surface area contributed by atoms with Crippen LogP contribution in [0.4, 0.5) is 0 Å². The van der Waals surface area contributed by atoms with Crippen molar-refractivity contribution < 1.29 is 4.21 Å². The second-order valence-corrected chi connectivity index (χ2v) is 6.17. The Hall–Kier alpha value is -0.890. The van der Waals surface area contributed by atoms with Gasteiger partial charge in [-0.15, -0.1) is 0 Å². The normalized spacial score (nSPS) is 18.2. The van der Waals surface area contributed by atoms with Crippen LogP contribution in [-0.4, -0.2) is 4.21 Å². The molecule has 92 valence electrons. The number of rotatable bonds is 3. The molecular weight excluding hydrogens is 228 g/mol. The maximum absolute atomic E-state index is 12.5. The van der Waals surface area contributed by atoms with Crippen LogP contribution in [0.2, 0.25) is 0 Å². The minimum absolute atomic E-state index is 0.928. The summed E-state index contributed by atoms with van der Waals surface area (Å²) in [6.07, 6.45) is 5.66. The zero-order chi connectivity index (χ0) is 12.3. The molecule has 1 unspecified atom stereocenters. The Bertz CT molecular complexity index is 442. The smallest absolute Gasteiger partial charge is 0.0807 e. The van der Waals surface area contributed by atoms with Gasteiger partial charge in [0.15, 0.2) is 0 Å². The lowest BCUT2D eigenvalue weighted by Crippen LogP contribution is -2.05. The maximum Gasteiger partial charge on any atom is 0.0807 e. The highest BCUT2D eigenvalue weighted by Gasteiger charge is 2.17. The molecule has 0 spiro atoms. The molecule has 17 heavy (non-hydrogen) atoms. The van der Waals surface area contributed by atoms with E-state index in [0.717, 1.165) is 24.2 Å². The molecule has 0 heterocycles. The molecule has 0 saturated carbocycles. The molecular formula is C15H20OS. The Kier molecular flexibility index (Phi) is 4.16. The first kappa shape index (κ1) is 12.6. The van der Waals surface area contributed by atoms with Gasteiger partial charge in [0.05, 0.1) is 10.8 Å². The van der Waals surface area contributed by atoms with Gasteiger partial charge in [-0.2, -0.15) is 0 Å². The Morgan fingerprint density at radius 2 is 1.76 bits per heavy atom. The lowest BCUT2D eigenvalue weighted by molar-refractivity contribution is 0.657. The molecule has 0 N–H and O–H groups in total. The van der Waals surface area contributed by atoms with Crippen molar-refractivity contribution in [2.24, 2.45) is 0 Å². The van der Waals surface area contributed by atoms with Gasteiger partial charge in [0.2, 0.25) is 0 Å². The number of allylic oxidation sites excluding steroid dienone is 2. The fraction of sp³-hybridized carbons (Fsp3) is 0.467. The Morgan fingerprint density at radius 1 is 1.12 bits per heavy atom. The first-order valence-electron chi connectivity index (χ1n) is 6.41. The summed E-state index contributed by atoms with van der Waals surface area (Å²) in [7, 11) is -0.928. The van der Waals surface area contributed by atoms with E-state index in [4.69, 9.17) is 0 Å². The van der Waals surface area contributed by atoms with Crippen molar-refractivity contribution in [2.45, 2.75) is 50.8 Å². The molecule has 0 saturated heterocycles. The molecule has 0 amide bonds. The summed E-state index contributed by atoms with van der Waals surface area (Å²) >= 11 is 0. The van der Waals surface area contributed by atoms with Crippen molar-refractivity contribution in [3.8, 4) is 0 Å². The standard InChI is InChI=1S/C15H20OS/c1-3-13-6-4-5-7-15(13)17(16)14-10-8-12(2)9-11-14/h8-11H,3-7H2,1-2H3. The van der Waals surface area contributed by atoms with Crippen molar-refractivity contribution in [1.29, 1.82) is 0 Å². The minimum atomic E-state index is -0.928. The van der Waals surface area contributed by atoms with Crippen molar-refractivity contribution >= 4 is 10.8 Å². The molecule has 2 rings (SSSR count). The topological polar surface area (TPSA) is 17.1 Å². The fourth-order valence-electron chi connectivity index (χ4n) is 2.34. The third-order valence-electron chi connectivity index (χ3n) is 3.41.